The molecule has 0 heterocycles. The summed E-state index contributed by atoms with van der Waals surface area (Å²) in [7, 11) is 0. The van der Waals surface area contributed by atoms with Gasteiger partial charge < -0.3 is 5.11 Å². The second kappa shape index (κ2) is 5.85. The second-order valence-corrected chi connectivity index (χ2v) is 6.66. The number of rotatable bonds is 2. The predicted molar refractivity (Wildman–Crippen MR) is 99.3 cm³/mol. The molecule has 0 aromatic heterocycles. The lowest BCUT2D eigenvalue weighted by Gasteiger charge is -2.39. The van der Waals surface area contributed by atoms with Gasteiger partial charge in [-0.1, -0.05) is 84.9 Å². The van der Waals surface area contributed by atoms with Crippen LogP contribution < -0.4 is 0 Å². The van der Waals surface area contributed by atoms with Crippen LogP contribution in [0.4, 0.5) is 0 Å². The first-order valence-electron chi connectivity index (χ1n) is 8.01. The molecule has 2 atom stereocenters. The highest BCUT2D eigenvalue weighted by molar-refractivity contribution is 6.27. The van der Waals surface area contributed by atoms with E-state index in [1.165, 1.54) is 0 Å². The van der Waals surface area contributed by atoms with E-state index in [-0.39, 0.29) is 11.7 Å². The highest BCUT2D eigenvalue weighted by atomic mass is 35.5. The van der Waals surface area contributed by atoms with Gasteiger partial charge in [-0.05, 0) is 22.8 Å². The fraction of sp³-hybridized carbons (Fsp3) is 0.0909. The average Bonchev–Trinajstić information content (AvgIpc) is 2.66. The summed E-state index contributed by atoms with van der Waals surface area (Å²) in [5, 5.41) is 10.6. The van der Waals surface area contributed by atoms with Crippen LogP contribution in [-0.2, 0) is 4.87 Å². The lowest BCUT2D eigenvalue weighted by molar-refractivity contribution is 0.490. The minimum Gasteiger partial charge on any atom is -0.508 e. The molecule has 0 fully saturated rings. The number of halogens is 1. The maximum Gasteiger partial charge on any atom is 0.119 e. The molecule has 1 aliphatic carbocycles. The van der Waals surface area contributed by atoms with Crippen molar-refractivity contribution in [1.82, 2.24) is 0 Å². The first-order chi connectivity index (χ1) is 11.7. The minimum atomic E-state index is -0.758. The highest BCUT2D eigenvalue weighted by Gasteiger charge is 2.44. The lowest BCUT2D eigenvalue weighted by Crippen LogP contribution is -2.32. The van der Waals surface area contributed by atoms with Crippen molar-refractivity contribution in [2.45, 2.75) is 10.8 Å². The quantitative estimate of drug-likeness (QED) is 0.582. The molecule has 1 nitrogen and oxygen atoms in total. The summed E-state index contributed by atoms with van der Waals surface area (Å²) in [6.07, 6.45) is 1.87. The van der Waals surface area contributed by atoms with E-state index in [1.54, 1.807) is 0 Å². The molecule has 2 heteroatoms. The first kappa shape index (κ1) is 15.0. The monoisotopic (exact) mass is 332 g/mol. The number of benzene rings is 3. The van der Waals surface area contributed by atoms with E-state index in [4.69, 9.17) is 11.6 Å². The fourth-order valence-electron chi connectivity index (χ4n) is 3.56. The molecule has 0 aliphatic heterocycles. The zero-order valence-corrected chi connectivity index (χ0v) is 13.8. The zero-order valence-electron chi connectivity index (χ0n) is 13.1. The molecule has 1 aliphatic rings. The Hall–Kier alpha value is -2.51. The van der Waals surface area contributed by atoms with Crippen molar-refractivity contribution in [1.29, 1.82) is 0 Å². The van der Waals surface area contributed by atoms with Crippen molar-refractivity contribution in [2.75, 3.05) is 0 Å². The van der Waals surface area contributed by atoms with E-state index in [0.717, 1.165) is 22.3 Å². The Morgan fingerprint density at radius 2 is 1.33 bits per heavy atom. The van der Waals surface area contributed by atoms with Crippen LogP contribution in [0.25, 0.3) is 5.76 Å². The summed E-state index contributed by atoms with van der Waals surface area (Å²) in [6, 6.07) is 28.0. The molecule has 24 heavy (non-hydrogen) atoms. The second-order valence-electron chi connectivity index (χ2n) is 6.06. The van der Waals surface area contributed by atoms with Gasteiger partial charge in [-0.25, -0.2) is 0 Å². The smallest absolute Gasteiger partial charge is 0.119 e. The van der Waals surface area contributed by atoms with E-state index >= 15 is 0 Å². The van der Waals surface area contributed by atoms with E-state index in [0.29, 0.717) is 0 Å². The molecule has 0 saturated carbocycles. The van der Waals surface area contributed by atoms with E-state index in [9.17, 15) is 5.11 Å². The highest BCUT2D eigenvalue weighted by Crippen LogP contribution is 2.53. The van der Waals surface area contributed by atoms with Gasteiger partial charge in [0.1, 0.15) is 10.6 Å². The number of aliphatic hydroxyl groups is 1. The van der Waals surface area contributed by atoms with Crippen LogP contribution in [0.15, 0.2) is 91.0 Å². The first-order valence-corrected chi connectivity index (χ1v) is 8.39. The van der Waals surface area contributed by atoms with E-state index in [1.807, 2.05) is 66.7 Å². The molecule has 2 unspecified atom stereocenters. The summed E-state index contributed by atoms with van der Waals surface area (Å²) in [5.41, 5.74) is 3.84. The van der Waals surface area contributed by atoms with E-state index in [2.05, 4.69) is 24.3 Å². The van der Waals surface area contributed by atoms with Gasteiger partial charge in [-0.3, -0.25) is 0 Å². The average molecular weight is 333 g/mol. The van der Waals surface area contributed by atoms with Crippen LogP contribution in [0.3, 0.4) is 0 Å². The van der Waals surface area contributed by atoms with Gasteiger partial charge in [-0.2, -0.15) is 0 Å². The Morgan fingerprint density at radius 1 is 0.750 bits per heavy atom. The van der Waals surface area contributed by atoms with Crippen molar-refractivity contribution in [3.63, 3.8) is 0 Å². The summed E-state index contributed by atoms with van der Waals surface area (Å²) in [4.78, 5) is -0.758. The van der Waals surface area contributed by atoms with Crippen LogP contribution >= 0.6 is 11.6 Å². The van der Waals surface area contributed by atoms with Crippen molar-refractivity contribution in [2.24, 2.45) is 0 Å². The fourth-order valence-corrected chi connectivity index (χ4v) is 4.04. The molecule has 3 aromatic rings. The Labute approximate surface area is 146 Å². The topological polar surface area (TPSA) is 20.2 Å². The van der Waals surface area contributed by atoms with Gasteiger partial charge in [-0.15, -0.1) is 11.6 Å². The van der Waals surface area contributed by atoms with Gasteiger partial charge in [0.15, 0.2) is 0 Å². The molecule has 0 saturated heterocycles. The van der Waals surface area contributed by atoms with E-state index < -0.39 is 4.87 Å². The van der Waals surface area contributed by atoms with Crippen LogP contribution in [0.2, 0.25) is 0 Å². The maximum atomic E-state index is 10.6. The van der Waals surface area contributed by atoms with Gasteiger partial charge >= 0.3 is 0 Å². The summed E-state index contributed by atoms with van der Waals surface area (Å²) in [6.45, 7) is 0. The van der Waals surface area contributed by atoms with Crippen molar-refractivity contribution < 1.29 is 5.11 Å². The van der Waals surface area contributed by atoms with Crippen LogP contribution in [0.1, 0.15) is 28.2 Å². The number of hydrogen-bond acceptors (Lipinski definition) is 1. The summed E-state index contributed by atoms with van der Waals surface area (Å²) >= 11 is 7.34. The normalized spacial score (nSPS) is 22.5. The Balaban J connectivity index is 2.01. The van der Waals surface area contributed by atoms with Crippen LogP contribution in [0, 0.1) is 0 Å². The molecular weight excluding hydrogens is 316 g/mol. The van der Waals surface area contributed by atoms with Crippen LogP contribution in [0.5, 0.6) is 0 Å². The number of aliphatic hydroxyl groups excluding tert-OH is 1. The van der Waals surface area contributed by atoms with Crippen molar-refractivity contribution in [3.8, 4) is 0 Å². The summed E-state index contributed by atoms with van der Waals surface area (Å²) in [5.74, 6) is 0.129. The van der Waals surface area contributed by atoms with Crippen molar-refractivity contribution in [3.05, 3.63) is 113 Å². The molecular formula is C22H17ClO. The zero-order chi connectivity index (χ0) is 16.6. The third-order valence-electron chi connectivity index (χ3n) is 4.70. The van der Waals surface area contributed by atoms with Gasteiger partial charge in [0, 0.05) is 11.5 Å². The summed E-state index contributed by atoms with van der Waals surface area (Å²) < 4.78 is 0. The number of fused-ring (bicyclic) bond motifs is 1. The molecule has 0 spiro atoms. The van der Waals surface area contributed by atoms with Gasteiger partial charge in [0.25, 0.3) is 0 Å². The Bertz CT molecular complexity index is 886. The SMILES string of the molecule is OC1=CC(c2ccccc2)C(Cl)(c2ccccc2)c2ccccc21. The van der Waals surface area contributed by atoms with Crippen molar-refractivity contribution >= 4 is 17.4 Å². The molecule has 0 amide bonds. The maximum absolute atomic E-state index is 10.6. The number of allylic oxidation sites excluding steroid dienone is 1. The Kier molecular flexibility index (Phi) is 3.66. The van der Waals surface area contributed by atoms with Gasteiger partial charge in [0.2, 0.25) is 0 Å². The standard InChI is InChI=1S/C22H17ClO/c23-22(17-11-5-2-6-12-17)19-14-8-7-13-18(19)21(24)15-20(22)16-9-3-1-4-10-16/h1-15,20,24H. The third-order valence-corrected chi connectivity index (χ3v) is 5.36. The number of alkyl halides is 1. The predicted octanol–water partition coefficient (Wildman–Crippen LogP) is 5.87. The largest absolute Gasteiger partial charge is 0.508 e. The number of hydrogen-bond donors (Lipinski definition) is 1. The third kappa shape index (κ3) is 2.24. The minimum absolute atomic E-state index is 0.155. The van der Waals surface area contributed by atoms with Crippen LogP contribution in [-0.4, -0.2) is 5.11 Å². The molecule has 1 N–H and O–H groups in total. The Morgan fingerprint density at radius 3 is 2.04 bits per heavy atom. The lowest BCUT2D eigenvalue weighted by atomic mass is 9.71. The molecule has 3 aromatic carbocycles. The molecule has 4 rings (SSSR count). The molecule has 118 valence electrons. The molecule has 0 bridgehead atoms. The van der Waals surface area contributed by atoms with Gasteiger partial charge in [0.05, 0.1) is 0 Å². The molecule has 0 radical (unpaired) electrons.